The molecule has 5 nitrogen and oxygen atoms in total. The Labute approximate surface area is 81.5 Å². The van der Waals surface area contributed by atoms with Crippen molar-refractivity contribution in [2.45, 2.75) is 19.7 Å². The van der Waals surface area contributed by atoms with E-state index in [1.807, 2.05) is 0 Å². The van der Waals surface area contributed by atoms with E-state index in [2.05, 4.69) is 13.6 Å². The fourth-order valence-corrected chi connectivity index (χ4v) is 2.47. The summed E-state index contributed by atoms with van der Waals surface area (Å²) in [6, 6.07) is 0. The van der Waals surface area contributed by atoms with Crippen molar-refractivity contribution in [1.29, 1.82) is 0 Å². The van der Waals surface area contributed by atoms with Crippen molar-refractivity contribution in [3.05, 3.63) is 0 Å². The van der Waals surface area contributed by atoms with Gasteiger partial charge in [-0.1, -0.05) is 0 Å². The van der Waals surface area contributed by atoms with Crippen molar-refractivity contribution in [3.8, 4) is 0 Å². The second-order valence-corrected chi connectivity index (χ2v) is 4.49. The SMILES string of the molecule is CCOP(=O)(OCC)C(F)(F)O[PH2]=O. The Balaban J connectivity index is 4.77. The average molecular weight is 252 g/mol. The van der Waals surface area contributed by atoms with Crippen molar-refractivity contribution in [2.24, 2.45) is 0 Å². The number of halogens is 2. The molecule has 9 heteroatoms. The van der Waals surface area contributed by atoms with Gasteiger partial charge in [0.05, 0.1) is 13.2 Å². The van der Waals surface area contributed by atoms with E-state index in [-0.39, 0.29) is 13.2 Å². The van der Waals surface area contributed by atoms with E-state index in [1.165, 1.54) is 13.8 Å². The maximum atomic E-state index is 12.9. The van der Waals surface area contributed by atoms with Crippen molar-refractivity contribution in [3.63, 3.8) is 0 Å². The summed E-state index contributed by atoms with van der Waals surface area (Å²) in [5.74, 6) is -4.16. The predicted molar refractivity (Wildman–Crippen MR) is 47.3 cm³/mol. The number of alkyl halides is 2. The molecule has 0 aliphatic heterocycles. The van der Waals surface area contributed by atoms with Crippen LogP contribution in [0, 0.1) is 0 Å². The van der Waals surface area contributed by atoms with Gasteiger partial charge in [0, 0.05) is 0 Å². The van der Waals surface area contributed by atoms with Crippen molar-refractivity contribution < 1.29 is 31.5 Å². The summed E-state index contributed by atoms with van der Waals surface area (Å²) in [5.41, 5.74) is 0. The van der Waals surface area contributed by atoms with Gasteiger partial charge in [-0.15, -0.1) is 0 Å². The summed E-state index contributed by atoms with van der Waals surface area (Å²) in [4.78, 5) is 0. The monoisotopic (exact) mass is 252 g/mol. The standard InChI is InChI=1S/C5H12F2O5P2/c1-3-10-14(9,11-4-2)5(6,7)12-13-8/h3-4,13H2,1-2H3. The molecular formula is C5H12F2O5P2. The Kier molecular flexibility index (Phi) is 6.02. The minimum absolute atomic E-state index is 0.218. The molecule has 0 spiro atoms. The van der Waals surface area contributed by atoms with E-state index in [0.29, 0.717) is 0 Å². The molecule has 0 fully saturated rings. The van der Waals surface area contributed by atoms with Crippen molar-refractivity contribution in [1.82, 2.24) is 0 Å². The maximum absolute atomic E-state index is 12.9. The minimum Gasteiger partial charge on any atom is -0.303 e. The van der Waals surface area contributed by atoms with Crippen LogP contribution in [0.2, 0.25) is 0 Å². The third-order valence-electron chi connectivity index (χ3n) is 1.11. The van der Waals surface area contributed by atoms with Gasteiger partial charge in [-0.25, -0.2) is 0 Å². The highest BCUT2D eigenvalue weighted by Gasteiger charge is 2.55. The van der Waals surface area contributed by atoms with Gasteiger partial charge in [0.15, 0.2) is 8.69 Å². The molecule has 0 aromatic carbocycles. The number of hydrogen-bond acceptors (Lipinski definition) is 5. The molecule has 0 aromatic rings. The Morgan fingerprint density at radius 3 is 2.00 bits per heavy atom. The first-order valence-corrected chi connectivity index (χ1v) is 6.30. The summed E-state index contributed by atoms with van der Waals surface area (Å²) in [5, 5.41) is 0. The maximum Gasteiger partial charge on any atom is 0.464 e. The summed E-state index contributed by atoms with van der Waals surface area (Å²) < 4.78 is 59.4. The highest BCUT2D eigenvalue weighted by atomic mass is 31.2. The topological polar surface area (TPSA) is 61.8 Å². The van der Waals surface area contributed by atoms with Gasteiger partial charge < -0.3 is 9.05 Å². The van der Waals surface area contributed by atoms with Gasteiger partial charge in [0.25, 0.3) is 0 Å². The second kappa shape index (κ2) is 5.93. The molecule has 0 radical (unpaired) electrons. The highest BCUT2D eigenvalue weighted by molar-refractivity contribution is 7.55. The van der Waals surface area contributed by atoms with E-state index >= 15 is 0 Å². The van der Waals surface area contributed by atoms with E-state index in [4.69, 9.17) is 0 Å². The lowest BCUT2D eigenvalue weighted by Gasteiger charge is -2.22. The Morgan fingerprint density at radius 1 is 1.29 bits per heavy atom. The van der Waals surface area contributed by atoms with E-state index < -0.39 is 22.1 Å². The number of hydrogen-bond donors (Lipinski definition) is 0. The average Bonchev–Trinajstić information content (AvgIpc) is 2.04. The lowest BCUT2D eigenvalue weighted by atomic mass is 10.9. The Bertz CT molecular complexity index is 224. The molecule has 0 aliphatic rings. The smallest absolute Gasteiger partial charge is 0.303 e. The van der Waals surface area contributed by atoms with Gasteiger partial charge >= 0.3 is 13.4 Å². The van der Waals surface area contributed by atoms with Gasteiger partial charge in [-0.2, -0.15) is 8.78 Å². The molecule has 0 amide bonds. The molecule has 0 heterocycles. The zero-order chi connectivity index (χ0) is 11.2. The first-order valence-electron chi connectivity index (χ1n) is 3.82. The molecule has 1 unspecified atom stereocenters. The first-order chi connectivity index (χ1) is 6.43. The van der Waals surface area contributed by atoms with E-state index in [9.17, 15) is 17.9 Å². The summed E-state index contributed by atoms with van der Waals surface area (Å²) in [7, 11) is -6.86. The fourth-order valence-electron chi connectivity index (χ4n) is 0.650. The van der Waals surface area contributed by atoms with Crippen LogP contribution in [0.3, 0.4) is 0 Å². The van der Waals surface area contributed by atoms with Crippen LogP contribution in [-0.4, -0.2) is 19.1 Å². The summed E-state index contributed by atoms with van der Waals surface area (Å²) in [6.45, 7) is 2.33. The van der Waals surface area contributed by atoms with Gasteiger partial charge in [0.1, 0.15) is 0 Å². The molecule has 1 atom stereocenters. The van der Waals surface area contributed by atoms with E-state index in [1.54, 1.807) is 0 Å². The van der Waals surface area contributed by atoms with Gasteiger partial charge in [0.2, 0.25) is 0 Å². The van der Waals surface area contributed by atoms with Crippen LogP contribution in [-0.2, 0) is 22.7 Å². The van der Waals surface area contributed by atoms with Gasteiger partial charge in [-0.3, -0.25) is 13.7 Å². The van der Waals surface area contributed by atoms with Crippen LogP contribution in [0.25, 0.3) is 0 Å². The quantitative estimate of drug-likeness (QED) is 0.651. The molecular weight excluding hydrogens is 240 g/mol. The largest absolute Gasteiger partial charge is 0.464 e. The first kappa shape index (κ1) is 14.2. The summed E-state index contributed by atoms with van der Waals surface area (Å²) >= 11 is 0. The minimum atomic E-state index is -4.67. The normalized spacial score (nSPS) is 14.0. The third kappa shape index (κ3) is 3.41. The molecule has 0 bridgehead atoms. The molecule has 0 rings (SSSR count). The van der Waals surface area contributed by atoms with Crippen LogP contribution in [0.4, 0.5) is 8.78 Å². The summed E-state index contributed by atoms with van der Waals surface area (Å²) in [6.07, 6.45) is 0. The molecule has 86 valence electrons. The van der Waals surface area contributed by atoms with Crippen LogP contribution >= 0.6 is 16.3 Å². The molecule has 0 saturated carbocycles. The molecule has 14 heavy (non-hydrogen) atoms. The van der Waals surface area contributed by atoms with Crippen LogP contribution < -0.4 is 0 Å². The second-order valence-electron chi connectivity index (χ2n) is 2.03. The molecule has 0 aliphatic carbocycles. The van der Waals surface area contributed by atoms with Crippen molar-refractivity contribution in [2.75, 3.05) is 13.2 Å². The zero-order valence-corrected chi connectivity index (χ0v) is 9.79. The Morgan fingerprint density at radius 2 is 1.71 bits per heavy atom. The van der Waals surface area contributed by atoms with Crippen LogP contribution in [0.1, 0.15) is 13.8 Å². The lowest BCUT2D eigenvalue weighted by Crippen LogP contribution is -2.20. The highest BCUT2D eigenvalue weighted by Crippen LogP contribution is 2.63. The van der Waals surface area contributed by atoms with Gasteiger partial charge in [-0.05, 0) is 13.8 Å². The molecule has 0 aromatic heterocycles. The van der Waals surface area contributed by atoms with Crippen molar-refractivity contribution >= 4 is 16.3 Å². The fraction of sp³-hybridized carbons (Fsp3) is 1.00. The Hall–Kier alpha value is 0.200. The molecule has 0 N–H and O–H groups in total. The zero-order valence-electron chi connectivity index (χ0n) is 7.74. The van der Waals surface area contributed by atoms with Crippen LogP contribution in [0.15, 0.2) is 0 Å². The van der Waals surface area contributed by atoms with Crippen LogP contribution in [0.5, 0.6) is 0 Å². The lowest BCUT2D eigenvalue weighted by molar-refractivity contribution is -0.115. The third-order valence-corrected chi connectivity index (χ3v) is 3.64. The molecule has 0 saturated heterocycles. The van der Waals surface area contributed by atoms with E-state index in [0.717, 1.165) is 0 Å². The number of rotatable bonds is 7. The predicted octanol–water partition coefficient (Wildman–Crippen LogP) is 2.49.